The van der Waals surface area contributed by atoms with Crippen LogP contribution in [0.15, 0.2) is 134 Å². The molecule has 0 aromatic heterocycles. The van der Waals surface area contributed by atoms with E-state index in [-0.39, 0.29) is 25.7 Å². The Hall–Kier alpha value is -4.80. The van der Waals surface area contributed by atoms with E-state index >= 15 is 0 Å². The van der Waals surface area contributed by atoms with Crippen molar-refractivity contribution in [3.05, 3.63) is 134 Å². The molecule has 3 N–H and O–H groups in total. The van der Waals surface area contributed by atoms with Gasteiger partial charge >= 0.3 is 39.5 Å². The first-order valence-electron chi connectivity index (χ1n) is 39.4. The highest BCUT2D eigenvalue weighted by Gasteiger charge is 2.30. The van der Waals surface area contributed by atoms with Gasteiger partial charge in [-0.25, -0.2) is 9.13 Å². The molecule has 0 aliphatic heterocycles. The summed E-state index contributed by atoms with van der Waals surface area (Å²) in [4.78, 5) is 73.0. The van der Waals surface area contributed by atoms with Crippen LogP contribution in [0, 0.1) is 0 Å². The smallest absolute Gasteiger partial charge is 0.462 e. The maximum Gasteiger partial charge on any atom is 0.472 e. The Morgan fingerprint density at radius 2 is 0.539 bits per heavy atom. The highest BCUT2D eigenvalue weighted by atomic mass is 31.2. The van der Waals surface area contributed by atoms with Crippen LogP contribution >= 0.6 is 15.6 Å². The predicted molar refractivity (Wildman–Crippen MR) is 418 cm³/mol. The van der Waals surface area contributed by atoms with Crippen LogP contribution in [0.25, 0.3) is 0 Å². The van der Waals surface area contributed by atoms with Crippen LogP contribution in [0.3, 0.4) is 0 Å². The fourth-order valence-corrected chi connectivity index (χ4v) is 11.7. The average molecular weight is 1470 g/mol. The van der Waals surface area contributed by atoms with Crippen LogP contribution in [0.2, 0.25) is 0 Å². The van der Waals surface area contributed by atoms with E-state index in [2.05, 4.69) is 149 Å². The van der Waals surface area contributed by atoms with Crippen molar-refractivity contribution < 1.29 is 80.2 Å². The minimum atomic E-state index is -4.99. The number of hydrogen-bond donors (Lipinski definition) is 3. The number of unbranched alkanes of at least 4 members (excludes halogenated alkanes) is 25. The van der Waals surface area contributed by atoms with Gasteiger partial charge < -0.3 is 33.8 Å². The lowest BCUT2D eigenvalue weighted by atomic mass is 10.1. The van der Waals surface area contributed by atoms with Crippen LogP contribution in [0.4, 0.5) is 0 Å². The number of hydrogen-bond acceptors (Lipinski definition) is 15. The molecule has 0 bridgehead atoms. The number of carbonyl (C=O) groups excluding carboxylic acids is 4. The molecular weight excluding hydrogens is 1330 g/mol. The zero-order chi connectivity index (χ0) is 74.6. The number of ether oxygens (including phenoxy) is 4. The van der Waals surface area contributed by atoms with Crippen molar-refractivity contribution >= 4 is 39.5 Å². The summed E-state index contributed by atoms with van der Waals surface area (Å²) < 4.78 is 68.5. The predicted octanol–water partition coefficient (Wildman–Crippen LogP) is 22.9. The number of phosphoric acid groups is 2. The third-order valence-electron chi connectivity index (χ3n) is 16.1. The molecule has 0 saturated heterocycles. The van der Waals surface area contributed by atoms with Gasteiger partial charge in [-0.3, -0.25) is 37.3 Å². The Morgan fingerprint density at radius 3 is 0.873 bits per heavy atom. The van der Waals surface area contributed by atoms with Crippen LogP contribution in [0.5, 0.6) is 0 Å². The SMILES string of the molecule is CC/C=C\C/C=C\C/C=C\C/C=C\C/C=C\CCCC(=O)OCC(COP(=O)(O)OCC(O)COP(=O)(O)OCC(COC(=O)CCCCCCCCC/C=C\C/C=C\C/C=C\CC)OC(=O)CCCCCCC/C=C\C/C=C\CCC)OC(=O)CCCCCCC/C=C\CCCCCCCC. The standard InChI is InChI=1S/C83H140O17P2/c1-5-9-13-17-21-25-29-33-36-38-41-44-47-51-55-59-63-67-80(85)93-73-78(99-82(87)69-65-61-57-53-49-43-32-28-24-20-16-12-8-4)75-97-101(89,90)95-71-77(84)72-96-102(91,92)98-76-79(100-83(88)70-66-62-58-54-50-46-40-35-31-27-23-19-15-11-7-3)74-94-81(86)68-64-60-56-52-48-45-42-39-37-34-30-26-22-18-14-10-6-2/h9-10,13-14,16,20-22,25-26,28,32-37,40,42,45,52,56,77-79,84H,5-8,11-12,15,17-19,23-24,27,29-31,38-39,41,43-44,46-51,53-55,57-76H2,1-4H3,(H,89,90)(H,91,92)/b13-9-,14-10-,20-16-,25-21-,26-22-,32-28-,36-33-,37-34-,40-35-,45-42-,56-52-. The van der Waals surface area contributed by atoms with Crippen molar-refractivity contribution in [2.24, 2.45) is 0 Å². The molecule has 17 nitrogen and oxygen atoms in total. The Bertz CT molecular complexity index is 2460. The summed E-state index contributed by atoms with van der Waals surface area (Å²) in [5.74, 6) is -2.28. The molecule has 0 aromatic carbocycles. The molecule has 0 aliphatic carbocycles. The molecule has 0 fully saturated rings. The minimum Gasteiger partial charge on any atom is -0.462 e. The zero-order valence-electron chi connectivity index (χ0n) is 63.7. The molecule has 0 rings (SSSR count). The zero-order valence-corrected chi connectivity index (χ0v) is 65.5. The van der Waals surface area contributed by atoms with E-state index in [0.717, 1.165) is 186 Å². The van der Waals surface area contributed by atoms with E-state index in [1.165, 1.54) is 38.5 Å². The quantitative estimate of drug-likeness (QED) is 0.0169. The topological polar surface area (TPSA) is 237 Å². The average Bonchev–Trinajstić information content (AvgIpc) is 0.939. The van der Waals surface area contributed by atoms with Gasteiger partial charge in [-0.15, -0.1) is 0 Å². The molecule has 0 saturated carbocycles. The summed E-state index contributed by atoms with van der Waals surface area (Å²) in [6.45, 7) is 4.49. The molecule has 584 valence electrons. The number of aliphatic hydroxyl groups excluding tert-OH is 1. The van der Waals surface area contributed by atoms with Gasteiger partial charge in [0.2, 0.25) is 0 Å². The number of allylic oxidation sites excluding steroid dienone is 22. The third kappa shape index (κ3) is 73.5. The molecule has 0 radical (unpaired) electrons. The second-order valence-corrected chi connectivity index (χ2v) is 28.8. The largest absolute Gasteiger partial charge is 0.472 e. The van der Waals surface area contributed by atoms with Crippen molar-refractivity contribution in [1.82, 2.24) is 0 Å². The molecular formula is C83H140O17P2. The van der Waals surface area contributed by atoms with E-state index in [4.69, 9.17) is 37.0 Å². The Balaban J connectivity index is 5.41. The van der Waals surface area contributed by atoms with Crippen molar-refractivity contribution in [3.63, 3.8) is 0 Å². The molecule has 0 aliphatic rings. The van der Waals surface area contributed by atoms with Gasteiger partial charge in [-0.2, -0.15) is 0 Å². The summed E-state index contributed by atoms with van der Waals surface area (Å²) in [5, 5.41) is 10.6. The number of aliphatic hydroxyl groups is 1. The normalized spacial score (nSPS) is 14.6. The minimum absolute atomic E-state index is 0.0701. The van der Waals surface area contributed by atoms with Gasteiger partial charge in [-0.05, 0) is 148 Å². The van der Waals surface area contributed by atoms with E-state index in [1.54, 1.807) is 0 Å². The monoisotopic (exact) mass is 1470 g/mol. The highest BCUT2D eigenvalue weighted by molar-refractivity contribution is 7.47. The number of phosphoric ester groups is 2. The molecule has 5 unspecified atom stereocenters. The lowest BCUT2D eigenvalue weighted by Crippen LogP contribution is -2.30. The van der Waals surface area contributed by atoms with E-state index < -0.39 is 97.5 Å². The lowest BCUT2D eigenvalue weighted by Gasteiger charge is -2.21. The first-order valence-corrected chi connectivity index (χ1v) is 42.4. The Morgan fingerprint density at radius 1 is 0.284 bits per heavy atom. The number of carbonyl (C=O) groups is 4. The second-order valence-electron chi connectivity index (χ2n) is 25.9. The van der Waals surface area contributed by atoms with Gasteiger partial charge in [-0.1, -0.05) is 271 Å². The summed E-state index contributed by atoms with van der Waals surface area (Å²) in [5.41, 5.74) is 0. The van der Waals surface area contributed by atoms with Gasteiger partial charge in [0, 0.05) is 25.7 Å². The maximum atomic E-state index is 13.1. The first kappa shape index (κ1) is 97.2. The fourth-order valence-electron chi connectivity index (χ4n) is 10.1. The molecule has 0 aromatic rings. The first-order chi connectivity index (χ1) is 49.7. The summed E-state index contributed by atoms with van der Waals surface area (Å²) in [6.07, 6.45) is 83.0. The van der Waals surface area contributed by atoms with E-state index in [0.29, 0.717) is 32.1 Å². The fraction of sp³-hybridized carbons (Fsp3) is 0.687. The maximum absolute atomic E-state index is 13.1. The number of rotatable bonds is 73. The van der Waals surface area contributed by atoms with Crippen molar-refractivity contribution in [3.8, 4) is 0 Å². The summed E-state index contributed by atoms with van der Waals surface area (Å²) >= 11 is 0. The summed E-state index contributed by atoms with van der Waals surface area (Å²) in [7, 11) is -9.98. The van der Waals surface area contributed by atoms with Crippen molar-refractivity contribution in [1.29, 1.82) is 0 Å². The number of esters is 4. The van der Waals surface area contributed by atoms with Crippen LogP contribution in [0.1, 0.15) is 310 Å². The highest BCUT2D eigenvalue weighted by Crippen LogP contribution is 2.45. The Labute approximate surface area is 618 Å². The van der Waals surface area contributed by atoms with Crippen LogP contribution < -0.4 is 0 Å². The van der Waals surface area contributed by atoms with Crippen molar-refractivity contribution in [2.45, 2.75) is 329 Å². The lowest BCUT2D eigenvalue weighted by molar-refractivity contribution is -0.161. The molecule has 0 heterocycles. The van der Waals surface area contributed by atoms with Gasteiger partial charge in [0.25, 0.3) is 0 Å². The molecule has 5 atom stereocenters. The summed E-state index contributed by atoms with van der Waals surface area (Å²) in [6, 6.07) is 0. The third-order valence-corrected chi connectivity index (χ3v) is 18.0. The Kier molecular flexibility index (Phi) is 71.0. The van der Waals surface area contributed by atoms with E-state index in [9.17, 15) is 43.2 Å². The van der Waals surface area contributed by atoms with Crippen LogP contribution in [-0.4, -0.2) is 96.7 Å². The van der Waals surface area contributed by atoms with Crippen molar-refractivity contribution in [2.75, 3.05) is 39.6 Å². The molecule has 19 heteroatoms. The molecule has 102 heavy (non-hydrogen) atoms. The van der Waals surface area contributed by atoms with Gasteiger partial charge in [0.1, 0.15) is 19.3 Å². The molecule has 0 spiro atoms. The van der Waals surface area contributed by atoms with Crippen LogP contribution in [-0.2, 0) is 65.4 Å². The van der Waals surface area contributed by atoms with E-state index in [1.807, 2.05) is 12.2 Å². The van der Waals surface area contributed by atoms with Gasteiger partial charge in [0.05, 0.1) is 26.4 Å². The second kappa shape index (κ2) is 74.5. The van der Waals surface area contributed by atoms with Gasteiger partial charge in [0.15, 0.2) is 12.2 Å². The molecule has 0 amide bonds.